The van der Waals surface area contributed by atoms with Gasteiger partial charge in [0.1, 0.15) is 6.07 Å². The number of rotatable bonds is 7. The smallest absolute Gasteiger partial charge is 0.343 e. The van der Waals surface area contributed by atoms with E-state index in [2.05, 4.69) is 5.28 Å². The van der Waals surface area contributed by atoms with Gasteiger partial charge in [-0.2, -0.15) is 5.01 Å². The van der Waals surface area contributed by atoms with Gasteiger partial charge in [-0.1, -0.05) is 18.2 Å². The van der Waals surface area contributed by atoms with Crippen LogP contribution in [0.25, 0.3) is 0 Å². The lowest BCUT2D eigenvalue weighted by atomic mass is 10.2. The second-order valence-corrected chi connectivity index (χ2v) is 5.33. The Morgan fingerprint density at radius 1 is 0.964 bits per heavy atom. The van der Waals surface area contributed by atoms with Crippen molar-refractivity contribution >= 4 is 17.3 Å². The van der Waals surface area contributed by atoms with Gasteiger partial charge in [0.25, 0.3) is 0 Å². The maximum atomic E-state index is 12.2. The van der Waals surface area contributed by atoms with Crippen LogP contribution in [0.3, 0.4) is 0 Å². The molecule has 0 aliphatic heterocycles. The maximum Gasteiger partial charge on any atom is 0.343 e. The standard InChI is InChI=1S/C15H13N5O8/c1-17(2)20(26)16-28-14-9-13(11(18(22)23)8-12(14)19(24)25)27-15(21)10-6-4-3-5-7-10/h3-9H,1-2H3/b20-16-. The third-order valence-corrected chi connectivity index (χ3v) is 3.20. The van der Waals surface area contributed by atoms with Crippen molar-refractivity contribution in [3.63, 3.8) is 0 Å². The molecule has 2 aromatic carbocycles. The molecule has 0 aliphatic rings. The van der Waals surface area contributed by atoms with Crippen LogP contribution in [0, 0.1) is 25.4 Å². The number of nitrogens with zero attached hydrogens (tertiary/aromatic N) is 5. The predicted molar refractivity (Wildman–Crippen MR) is 91.5 cm³/mol. The zero-order valence-electron chi connectivity index (χ0n) is 14.5. The van der Waals surface area contributed by atoms with Gasteiger partial charge in [0.05, 0.1) is 34.5 Å². The average Bonchev–Trinajstić information content (AvgIpc) is 2.66. The Kier molecular flexibility index (Phi) is 6.00. The Morgan fingerprint density at radius 3 is 2.07 bits per heavy atom. The summed E-state index contributed by atoms with van der Waals surface area (Å²) < 4.78 is 5.00. The summed E-state index contributed by atoms with van der Waals surface area (Å²) in [4.78, 5) is 37.4. The van der Waals surface area contributed by atoms with Crippen LogP contribution in [0.15, 0.2) is 47.7 Å². The molecule has 2 rings (SSSR count). The Bertz CT molecular complexity index is 945. The van der Waals surface area contributed by atoms with Gasteiger partial charge in [-0.15, -0.1) is 0 Å². The van der Waals surface area contributed by atoms with E-state index in [9.17, 15) is 30.2 Å². The number of nitro groups is 2. The van der Waals surface area contributed by atoms with Crippen molar-refractivity contribution in [2.24, 2.45) is 5.28 Å². The summed E-state index contributed by atoms with van der Waals surface area (Å²) in [5.74, 6) is -2.18. The minimum Gasteiger partial charge on any atom is -0.569 e. The number of benzene rings is 2. The summed E-state index contributed by atoms with van der Waals surface area (Å²) in [6.07, 6.45) is 0. The summed E-state index contributed by atoms with van der Waals surface area (Å²) in [6.45, 7) is 0. The lowest BCUT2D eigenvalue weighted by Crippen LogP contribution is -2.21. The molecule has 0 saturated heterocycles. The molecule has 0 atom stereocenters. The molecule has 0 fully saturated rings. The molecule has 0 amide bonds. The number of esters is 1. The predicted octanol–water partition coefficient (Wildman–Crippen LogP) is 2.46. The number of hydrogen-bond donors (Lipinski definition) is 0. The van der Waals surface area contributed by atoms with Gasteiger partial charge in [-0.25, -0.2) is 4.79 Å². The van der Waals surface area contributed by atoms with Gasteiger partial charge in [0, 0.05) is 6.07 Å². The van der Waals surface area contributed by atoms with Crippen LogP contribution in [0.2, 0.25) is 0 Å². The second-order valence-electron chi connectivity index (χ2n) is 5.33. The van der Waals surface area contributed by atoms with Crippen molar-refractivity contribution in [3.05, 3.63) is 73.5 Å². The topological polar surface area (TPSA) is 163 Å². The molecule has 13 heteroatoms. The van der Waals surface area contributed by atoms with Crippen LogP contribution in [0.4, 0.5) is 11.4 Å². The number of hydrogen-bond acceptors (Lipinski definition) is 9. The highest BCUT2D eigenvalue weighted by atomic mass is 16.7. The zero-order chi connectivity index (χ0) is 20.8. The molecule has 0 N–H and O–H groups in total. The van der Waals surface area contributed by atoms with Crippen LogP contribution < -0.4 is 9.57 Å². The van der Waals surface area contributed by atoms with Gasteiger partial charge in [0.2, 0.25) is 16.8 Å². The van der Waals surface area contributed by atoms with E-state index >= 15 is 0 Å². The Morgan fingerprint density at radius 2 is 1.54 bits per heavy atom. The minimum atomic E-state index is -0.967. The van der Waals surface area contributed by atoms with E-state index in [1.807, 2.05) is 0 Å². The number of nitro benzene ring substituents is 2. The maximum absolute atomic E-state index is 12.2. The summed E-state index contributed by atoms with van der Waals surface area (Å²) in [5.41, 5.74) is -1.59. The lowest BCUT2D eigenvalue weighted by Gasteiger charge is -2.08. The molecule has 0 unspecified atom stereocenters. The van der Waals surface area contributed by atoms with E-state index < -0.39 is 38.7 Å². The first-order chi connectivity index (χ1) is 13.2. The van der Waals surface area contributed by atoms with Crippen LogP contribution >= 0.6 is 0 Å². The van der Waals surface area contributed by atoms with Crippen molar-refractivity contribution in [2.45, 2.75) is 0 Å². The van der Waals surface area contributed by atoms with Gasteiger partial charge in [-0.3, -0.25) is 25.1 Å². The Labute approximate surface area is 156 Å². The fourth-order valence-electron chi connectivity index (χ4n) is 1.86. The van der Waals surface area contributed by atoms with Gasteiger partial charge in [0.15, 0.2) is 0 Å². The van der Waals surface area contributed by atoms with Crippen LogP contribution in [-0.2, 0) is 0 Å². The van der Waals surface area contributed by atoms with Crippen molar-refractivity contribution in [1.29, 1.82) is 0 Å². The molecule has 28 heavy (non-hydrogen) atoms. The van der Waals surface area contributed by atoms with Crippen molar-refractivity contribution in [2.75, 3.05) is 14.1 Å². The zero-order valence-corrected chi connectivity index (χ0v) is 14.5. The molecule has 0 radical (unpaired) electrons. The fraction of sp³-hybridized carbons (Fsp3) is 0.133. The molecule has 0 heterocycles. The van der Waals surface area contributed by atoms with Crippen molar-refractivity contribution < 1.29 is 29.2 Å². The molecule has 0 spiro atoms. The van der Waals surface area contributed by atoms with E-state index in [4.69, 9.17) is 9.57 Å². The summed E-state index contributed by atoms with van der Waals surface area (Å²) in [6, 6.07) is 8.87. The first-order valence-electron chi connectivity index (χ1n) is 7.47. The highest BCUT2D eigenvalue weighted by Gasteiger charge is 2.29. The third-order valence-electron chi connectivity index (χ3n) is 3.20. The summed E-state index contributed by atoms with van der Waals surface area (Å²) in [7, 11) is 2.66. The highest BCUT2D eigenvalue weighted by Crippen LogP contribution is 2.39. The first kappa shape index (κ1) is 20.0. The monoisotopic (exact) mass is 391 g/mol. The molecular weight excluding hydrogens is 378 g/mol. The summed E-state index contributed by atoms with van der Waals surface area (Å²) >= 11 is 0. The van der Waals surface area contributed by atoms with Crippen LogP contribution in [-0.4, -0.2) is 39.9 Å². The molecule has 2 aromatic rings. The minimum absolute atomic E-state index is 0.0270. The Balaban J connectivity index is 2.49. The highest BCUT2D eigenvalue weighted by molar-refractivity contribution is 5.91. The van der Waals surface area contributed by atoms with E-state index in [0.717, 1.165) is 11.1 Å². The number of carbonyl (C=O) groups is 1. The Hall–Kier alpha value is -4.29. The molecule has 13 nitrogen and oxygen atoms in total. The normalized spacial score (nSPS) is 10.9. The quantitative estimate of drug-likeness (QED) is 0.172. The molecule has 146 valence electrons. The molecule has 0 aliphatic carbocycles. The fourth-order valence-corrected chi connectivity index (χ4v) is 1.86. The number of hydrazine groups is 1. The molecule has 0 aromatic heterocycles. The van der Waals surface area contributed by atoms with Crippen molar-refractivity contribution in [1.82, 2.24) is 5.01 Å². The molecule has 0 bridgehead atoms. The first-order valence-corrected chi connectivity index (χ1v) is 7.47. The van der Waals surface area contributed by atoms with E-state index in [1.165, 1.54) is 26.2 Å². The van der Waals surface area contributed by atoms with E-state index in [-0.39, 0.29) is 10.5 Å². The lowest BCUT2D eigenvalue weighted by molar-refractivity contribution is -0.695. The SMILES string of the molecule is CN(C)/[N+]([O-])=N/Oc1cc(OC(=O)c2ccccc2)c([N+](=O)[O-])cc1[N+](=O)[O-]. The van der Waals surface area contributed by atoms with Gasteiger partial charge in [-0.05, 0) is 12.1 Å². The van der Waals surface area contributed by atoms with Gasteiger partial charge < -0.3 is 9.94 Å². The number of ether oxygens (including phenoxy) is 1. The average molecular weight is 391 g/mol. The van der Waals surface area contributed by atoms with E-state index in [0.29, 0.717) is 6.07 Å². The van der Waals surface area contributed by atoms with E-state index in [1.54, 1.807) is 18.2 Å². The largest absolute Gasteiger partial charge is 0.569 e. The molecule has 0 saturated carbocycles. The van der Waals surface area contributed by atoms with Gasteiger partial charge >= 0.3 is 17.3 Å². The van der Waals surface area contributed by atoms with Crippen LogP contribution in [0.1, 0.15) is 10.4 Å². The second kappa shape index (κ2) is 8.39. The molecular formula is C15H13N5O8. The third kappa shape index (κ3) is 4.66. The van der Waals surface area contributed by atoms with Crippen LogP contribution in [0.5, 0.6) is 11.5 Å². The summed E-state index contributed by atoms with van der Waals surface area (Å²) in [5, 5.41) is 37.9. The number of carbonyl (C=O) groups excluding carboxylic acids is 1. The van der Waals surface area contributed by atoms with Crippen molar-refractivity contribution in [3.8, 4) is 11.5 Å².